The summed E-state index contributed by atoms with van der Waals surface area (Å²) in [4.78, 5) is 33.8. The van der Waals surface area contributed by atoms with E-state index >= 15 is 0 Å². The second-order valence-corrected chi connectivity index (χ2v) is 7.76. The number of nitrogens with zero attached hydrogens (tertiary/aromatic N) is 3. The number of aliphatic hydroxyl groups excluding tert-OH is 1. The number of benzene rings is 2. The van der Waals surface area contributed by atoms with Crippen molar-refractivity contribution in [1.82, 2.24) is 9.88 Å². The molecule has 3 aromatic rings. The van der Waals surface area contributed by atoms with Gasteiger partial charge in [0.25, 0.3) is 5.91 Å². The minimum Gasteiger partial charge on any atom is -0.491 e. The fourth-order valence-electron chi connectivity index (χ4n) is 3.55. The second-order valence-electron chi connectivity index (χ2n) is 7.35. The van der Waals surface area contributed by atoms with Gasteiger partial charge in [-0.2, -0.15) is 0 Å². The summed E-state index contributed by atoms with van der Waals surface area (Å²) >= 11 is 6.36. The van der Waals surface area contributed by atoms with Crippen molar-refractivity contribution in [3.63, 3.8) is 0 Å². The summed E-state index contributed by atoms with van der Waals surface area (Å²) in [6.07, 6.45) is 1.61. The van der Waals surface area contributed by atoms with E-state index in [9.17, 15) is 9.59 Å². The quantitative estimate of drug-likeness (QED) is 0.613. The summed E-state index contributed by atoms with van der Waals surface area (Å²) in [5, 5.41) is 9.11. The molecule has 0 aliphatic carbocycles. The van der Waals surface area contributed by atoms with Crippen LogP contribution in [-0.4, -0.2) is 46.6 Å². The van der Waals surface area contributed by atoms with Crippen molar-refractivity contribution in [2.24, 2.45) is 0 Å². The first-order chi connectivity index (χ1) is 15.5. The fraction of sp³-hybridized carbons (Fsp3) is 0.261. The molecule has 1 N–H and O–H groups in total. The van der Waals surface area contributed by atoms with Gasteiger partial charge in [-0.05, 0) is 36.8 Å². The van der Waals surface area contributed by atoms with Crippen LogP contribution in [0, 0.1) is 6.92 Å². The summed E-state index contributed by atoms with van der Waals surface area (Å²) in [6.45, 7) is 2.17. The van der Waals surface area contributed by atoms with Crippen LogP contribution in [0.2, 0.25) is 5.02 Å². The molecule has 8 nitrogen and oxygen atoms in total. The molecule has 0 bridgehead atoms. The Morgan fingerprint density at radius 2 is 2.06 bits per heavy atom. The smallest absolute Gasteiger partial charge is 0.260 e. The van der Waals surface area contributed by atoms with Crippen LogP contribution in [0.3, 0.4) is 0 Å². The Balaban J connectivity index is 1.63. The third-order valence-electron chi connectivity index (χ3n) is 5.06. The molecule has 1 aliphatic heterocycles. The first kappa shape index (κ1) is 21.9. The van der Waals surface area contributed by atoms with Crippen molar-refractivity contribution >= 4 is 29.1 Å². The lowest BCUT2D eigenvalue weighted by molar-refractivity contribution is -0.131. The largest absolute Gasteiger partial charge is 0.491 e. The van der Waals surface area contributed by atoms with E-state index in [1.165, 1.54) is 11.0 Å². The highest BCUT2D eigenvalue weighted by atomic mass is 35.5. The molecule has 1 aromatic heterocycles. The standard InChI is InChI=1S/C23H22ClN3O5/c1-15-11-25-21(32-15)13-26-12-16-4-2-3-5-20(16)27(14-22(26)29)23(30)18-7-6-17(10-19(18)24)31-9-8-28/h2-7,10-11,28H,8-9,12-14H2,1H3. The van der Waals surface area contributed by atoms with Crippen molar-refractivity contribution in [2.45, 2.75) is 20.0 Å². The minimum absolute atomic E-state index is 0.123. The van der Waals surface area contributed by atoms with E-state index in [0.717, 1.165) is 5.56 Å². The van der Waals surface area contributed by atoms with Gasteiger partial charge in [0, 0.05) is 12.2 Å². The molecule has 32 heavy (non-hydrogen) atoms. The average Bonchev–Trinajstić information content (AvgIpc) is 3.13. The number of carbonyl (C=O) groups excluding carboxylic acids is 2. The molecule has 9 heteroatoms. The third kappa shape index (κ3) is 4.61. The van der Waals surface area contributed by atoms with Crippen molar-refractivity contribution in [2.75, 3.05) is 24.7 Å². The lowest BCUT2D eigenvalue weighted by atomic mass is 10.1. The van der Waals surface area contributed by atoms with Gasteiger partial charge in [-0.25, -0.2) is 4.98 Å². The Hall–Kier alpha value is -3.36. The van der Waals surface area contributed by atoms with Gasteiger partial charge in [0.15, 0.2) is 0 Å². The van der Waals surface area contributed by atoms with Crippen molar-refractivity contribution in [1.29, 1.82) is 0 Å². The molecular formula is C23H22ClN3O5. The number of fused-ring (bicyclic) bond motifs is 1. The summed E-state index contributed by atoms with van der Waals surface area (Å²) in [5.74, 6) is 0.929. The number of ether oxygens (including phenoxy) is 1. The van der Waals surface area contributed by atoms with Crippen LogP contribution in [0.15, 0.2) is 53.1 Å². The Bertz CT molecular complexity index is 1150. The molecule has 2 amide bonds. The molecule has 0 radical (unpaired) electrons. The Kier molecular flexibility index (Phi) is 6.43. The van der Waals surface area contributed by atoms with Gasteiger partial charge in [0.1, 0.15) is 24.7 Å². The highest BCUT2D eigenvalue weighted by Gasteiger charge is 2.31. The number of halogens is 1. The summed E-state index contributed by atoms with van der Waals surface area (Å²) in [6, 6.07) is 12.1. The molecule has 4 rings (SSSR count). The molecule has 2 aromatic carbocycles. The molecule has 0 unspecified atom stereocenters. The van der Waals surface area contributed by atoms with Gasteiger partial charge in [0.05, 0.1) is 29.9 Å². The van der Waals surface area contributed by atoms with Gasteiger partial charge in [0.2, 0.25) is 11.8 Å². The predicted octanol–water partition coefficient (Wildman–Crippen LogP) is 3.20. The Morgan fingerprint density at radius 1 is 1.25 bits per heavy atom. The van der Waals surface area contributed by atoms with Crippen LogP contribution in [-0.2, 0) is 17.9 Å². The van der Waals surface area contributed by atoms with Crippen molar-refractivity contribution in [3.8, 4) is 5.75 Å². The first-order valence-corrected chi connectivity index (χ1v) is 10.5. The third-order valence-corrected chi connectivity index (χ3v) is 5.37. The number of oxazole rings is 1. The maximum absolute atomic E-state index is 13.4. The van der Waals surface area contributed by atoms with Crippen molar-refractivity contribution in [3.05, 3.63) is 76.5 Å². The molecule has 0 saturated carbocycles. The Morgan fingerprint density at radius 3 is 2.78 bits per heavy atom. The SMILES string of the molecule is Cc1cnc(CN2Cc3ccccc3N(C(=O)c3ccc(OCCO)cc3Cl)CC2=O)o1. The summed E-state index contributed by atoms with van der Waals surface area (Å²) in [5.41, 5.74) is 1.73. The Labute approximate surface area is 190 Å². The molecule has 0 saturated heterocycles. The van der Waals surface area contributed by atoms with Crippen LogP contribution < -0.4 is 9.64 Å². The lowest BCUT2D eigenvalue weighted by Crippen LogP contribution is -2.40. The van der Waals surface area contributed by atoms with E-state index < -0.39 is 5.91 Å². The van der Waals surface area contributed by atoms with Crippen LogP contribution >= 0.6 is 11.6 Å². The monoisotopic (exact) mass is 455 g/mol. The van der Waals surface area contributed by atoms with Gasteiger partial charge in [-0.3, -0.25) is 14.5 Å². The molecule has 1 aliphatic rings. The maximum Gasteiger partial charge on any atom is 0.260 e. The maximum atomic E-state index is 13.4. The minimum atomic E-state index is -0.390. The number of hydrogen-bond donors (Lipinski definition) is 1. The highest BCUT2D eigenvalue weighted by Crippen LogP contribution is 2.30. The number of para-hydroxylation sites is 1. The summed E-state index contributed by atoms with van der Waals surface area (Å²) in [7, 11) is 0. The zero-order valence-electron chi connectivity index (χ0n) is 17.5. The molecular weight excluding hydrogens is 434 g/mol. The van der Waals surface area contributed by atoms with Crippen molar-refractivity contribution < 1.29 is 23.8 Å². The number of amides is 2. The molecule has 0 spiro atoms. The number of carbonyl (C=O) groups is 2. The highest BCUT2D eigenvalue weighted by molar-refractivity contribution is 6.34. The van der Waals surface area contributed by atoms with E-state index in [1.54, 1.807) is 30.2 Å². The number of aliphatic hydroxyl groups is 1. The molecule has 2 heterocycles. The van der Waals surface area contributed by atoms with Gasteiger partial charge < -0.3 is 19.2 Å². The van der Waals surface area contributed by atoms with E-state index in [-0.39, 0.29) is 42.8 Å². The fourth-order valence-corrected chi connectivity index (χ4v) is 3.80. The molecule has 0 atom stereocenters. The van der Waals surface area contributed by atoms with Crippen LogP contribution in [0.5, 0.6) is 5.75 Å². The van der Waals surface area contributed by atoms with Gasteiger partial charge in [-0.1, -0.05) is 29.8 Å². The molecule has 166 valence electrons. The number of aryl methyl sites for hydroxylation is 1. The van der Waals surface area contributed by atoms with Crippen LogP contribution in [0.1, 0.15) is 27.6 Å². The molecule has 0 fully saturated rings. The predicted molar refractivity (Wildman–Crippen MR) is 118 cm³/mol. The van der Waals surface area contributed by atoms with E-state index in [1.807, 2.05) is 24.3 Å². The second kappa shape index (κ2) is 9.42. The zero-order valence-corrected chi connectivity index (χ0v) is 18.2. The van der Waals surface area contributed by atoms with E-state index in [2.05, 4.69) is 4.98 Å². The number of anilines is 1. The topological polar surface area (TPSA) is 96.1 Å². The van der Waals surface area contributed by atoms with Gasteiger partial charge in [-0.15, -0.1) is 0 Å². The normalized spacial score (nSPS) is 13.7. The average molecular weight is 456 g/mol. The van der Waals surface area contributed by atoms with Crippen LogP contribution in [0.25, 0.3) is 0 Å². The van der Waals surface area contributed by atoms with Crippen LogP contribution in [0.4, 0.5) is 5.69 Å². The van der Waals surface area contributed by atoms with Gasteiger partial charge >= 0.3 is 0 Å². The number of hydrogen-bond acceptors (Lipinski definition) is 6. The first-order valence-electron chi connectivity index (χ1n) is 10.1. The summed E-state index contributed by atoms with van der Waals surface area (Å²) < 4.78 is 10.9. The lowest BCUT2D eigenvalue weighted by Gasteiger charge is -2.23. The number of aromatic nitrogens is 1. The number of rotatable bonds is 6. The zero-order chi connectivity index (χ0) is 22.7. The van der Waals surface area contributed by atoms with E-state index in [4.69, 9.17) is 25.9 Å². The van der Waals surface area contributed by atoms with E-state index in [0.29, 0.717) is 29.6 Å².